The third-order valence-electron chi connectivity index (χ3n) is 3.84. The van der Waals surface area contributed by atoms with Crippen LogP contribution in [0.4, 0.5) is 0 Å². The molecule has 3 rings (SSSR count). The average Bonchev–Trinajstić information content (AvgIpc) is 3.03. The Morgan fingerprint density at radius 1 is 1.18 bits per heavy atom. The van der Waals surface area contributed by atoms with E-state index >= 15 is 0 Å². The van der Waals surface area contributed by atoms with E-state index in [2.05, 4.69) is 21.8 Å². The Kier molecular flexibility index (Phi) is 4.93. The number of likely N-dealkylation sites (tertiary alicyclic amines) is 1. The fourth-order valence-electron chi connectivity index (χ4n) is 2.83. The van der Waals surface area contributed by atoms with Gasteiger partial charge >= 0.3 is 0 Å². The minimum atomic E-state index is -3.37. The molecule has 2 heterocycles. The van der Waals surface area contributed by atoms with Crippen molar-refractivity contribution in [1.82, 2.24) is 9.62 Å². The smallest absolute Gasteiger partial charge is 0.250 e. The highest BCUT2D eigenvalue weighted by Crippen LogP contribution is 2.19. The molecule has 1 aromatic carbocycles. The van der Waals surface area contributed by atoms with Crippen molar-refractivity contribution in [3.8, 4) is 0 Å². The van der Waals surface area contributed by atoms with Gasteiger partial charge in [0, 0.05) is 19.1 Å². The fourth-order valence-corrected chi connectivity index (χ4v) is 5.10. The van der Waals surface area contributed by atoms with Crippen LogP contribution in [0.25, 0.3) is 0 Å². The summed E-state index contributed by atoms with van der Waals surface area (Å²) in [6, 6.07) is 13.7. The van der Waals surface area contributed by atoms with Crippen molar-refractivity contribution in [2.45, 2.75) is 29.6 Å². The highest BCUT2D eigenvalue weighted by atomic mass is 32.2. The molecule has 1 saturated heterocycles. The molecule has 0 amide bonds. The molecule has 1 atom stereocenters. The molecule has 0 bridgehead atoms. The van der Waals surface area contributed by atoms with E-state index in [1.54, 1.807) is 17.5 Å². The van der Waals surface area contributed by atoms with Crippen LogP contribution >= 0.6 is 11.3 Å². The van der Waals surface area contributed by atoms with Gasteiger partial charge in [-0.2, -0.15) is 0 Å². The summed E-state index contributed by atoms with van der Waals surface area (Å²) in [5.41, 5.74) is 1.27. The number of benzene rings is 1. The first-order valence-electron chi connectivity index (χ1n) is 7.45. The average molecular weight is 336 g/mol. The molecule has 2 aromatic rings. The first kappa shape index (κ1) is 15.7. The van der Waals surface area contributed by atoms with Crippen LogP contribution in [0.3, 0.4) is 0 Å². The lowest BCUT2D eigenvalue weighted by Gasteiger charge is -2.32. The van der Waals surface area contributed by atoms with Crippen LogP contribution in [0, 0.1) is 0 Å². The molecule has 118 valence electrons. The third-order valence-corrected chi connectivity index (χ3v) is 6.75. The van der Waals surface area contributed by atoms with Crippen LogP contribution in [0.15, 0.2) is 52.1 Å². The normalized spacial score (nSPS) is 20.1. The van der Waals surface area contributed by atoms with Gasteiger partial charge in [-0.3, -0.25) is 4.90 Å². The number of hydrogen-bond acceptors (Lipinski definition) is 4. The monoisotopic (exact) mass is 336 g/mol. The lowest BCUT2D eigenvalue weighted by molar-refractivity contribution is 0.194. The first-order chi connectivity index (χ1) is 10.6. The number of piperidine rings is 1. The first-order valence-corrected chi connectivity index (χ1v) is 9.82. The molecule has 1 aliphatic rings. The second kappa shape index (κ2) is 6.91. The molecule has 4 nitrogen and oxygen atoms in total. The molecule has 0 radical (unpaired) electrons. The van der Waals surface area contributed by atoms with E-state index in [9.17, 15) is 8.42 Å². The Morgan fingerprint density at radius 2 is 2.00 bits per heavy atom. The van der Waals surface area contributed by atoms with Crippen LogP contribution in [-0.2, 0) is 16.6 Å². The molecular formula is C16H20N2O2S2. The van der Waals surface area contributed by atoms with Gasteiger partial charge in [-0.05, 0) is 36.4 Å². The zero-order valence-electron chi connectivity index (χ0n) is 12.3. The van der Waals surface area contributed by atoms with Crippen molar-refractivity contribution >= 4 is 21.4 Å². The van der Waals surface area contributed by atoms with E-state index in [4.69, 9.17) is 0 Å². The van der Waals surface area contributed by atoms with Crippen LogP contribution in [0.1, 0.15) is 18.4 Å². The topological polar surface area (TPSA) is 49.4 Å². The molecule has 1 unspecified atom stereocenters. The predicted molar refractivity (Wildman–Crippen MR) is 89.4 cm³/mol. The fraction of sp³-hybridized carbons (Fsp3) is 0.375. The standard InChI is InChI=1S/C16H20N2O2S2/c19-22(20,16-9-5-11-21-16)17-15-8-4-10-18(13-15)12-14-6-2-1-3-7-14/h1-3,5-7,9,11,15,17H,4,8,10,12-13H2. The van der Waals surface area contributed by atoms with E-state index in [1.165, 1.54) is 16.9 Å². The summed E-state index contributed by atoms with van der Waals surface area (Å²) < 4.78 is 27.9. The second-order valence-electron chi connectivity index (χ2n) is 5.61. The molecule has 0 spiro atoms. The third kappa shape index (κ3) is 3.95. The van der Waals surface area contributed by atoms with Gasteiger partial charge in [0.25, 0.3) is 0 Å². The van der Waals surface area contributed by atoms with E-state index in [1.807, 2.05) is 18.2 Å². The van der Waals surface area contributed by atoms with Gasteiger partial charge in [-0.1, -0.05) is 36.4 Å². The van der Waals surface area contributed by atoms with Crippen LogP contribution in [-0.4, -0.2) is 32.4 Å². The van der Waals surface area contributed by atoms with Crippen molar-refractivity contribution in [2.75, 3.05) is 13.1 Å². The van der Waals surface area contributed by atoms with E-state index < -0.39 is 10.0 Å². The van der Waals surface area contributed by atoms with Crippen molar-refractivity contribution in [2.24, 2.45) is 0 Å². The maximum absolute atomic E-state index is 12.3. The maximum Gasteiger partial charge on any atom is 0.250 e. The minimum absolute atomic E-state index is 0.00966. The number of hydrogen-bond donors (Lipinski definition) is 1. The number of sulfonamides is 1. The summed E-state index contributed by atoms with van der Waals surface area (Å²) >= 11 is 1.26. The van der Waals surface area contributed by atoms with Gasteiger partial charge in [0.15, 0.2) is 0 Å². The van der Waals surface area contributed by atoms with E-state index in [0.29, 0.717) is 4.21 Å². The summed E-state index contributed by atoms with van der Waals surface area (Å²) in [7, 11) is -3.37. The lowest BCUT2D eigenvalue weighted by Crippen LogP contribution is -2.47. The Bertz CT molecular complexity index is 684. The van der Waals surface area contributed by atoms with Crippen molar-refractivity contribution in [3.05, 3.63) is 53.4 Å². The van der Waals surface area contributed by atoms with Crippen molar-refractivity contribution in [3.63, 3.8) is 0 Å². The van der Waals surface area contributed by atoms with Gasteiger partial charge in [0.2, 0.25) is 10.0 Å². The van der Waals surface area contributed by atoms with Gasteiger partial charge in [0.1, 0.15) is 4.21 Å². The number of rotatable bonds is 5. The molecule has 1 aliphatic heterocycles. The van der Waals surface area contributed by atoms with Gasteiger partial charge in [-0.15, -0.1) is 11.3 Å². The molecule has 6 heteroatoms. The molecular weight excluding hydrogens is 316 g/mol. The van der Waals surface area contributed by atoms with Gasteiger partial charge < -0.3 is 0 Å². The number of nitrogens with one attached hydrogen (secondary N) is 1. The highest BCUT2D eigenvalue weighted by Gasteiger charge is 2.25. The molecule has 0 saturated carbocycles. The largest absolute Gasteiger partial charge is 0.298 e. The van der Waals surface area contributed by atoms with E-state index in [0.717, 1.165) is 32.5 Å². The molecule has 1 fully saturated rings. The minimum Gasteiger partial charge on any atom is -0.298 e. The quantitative estimate of drug-likeness (QED) is 0.913. The predicted octanol–water partition coefficient (Wildman–Crippen LogP) is 2.69. The summed E-state index contributed by atoms with van der Waals surface area (Å²) in [4.78, 5) is 2.32. The SMILES string of the molecule is O=S(=O)(NC1CCCN(Cc2ccccc2)C1)c1cccs1. The summed E-state index contributed by atoms with van der Waals surface area (Å²) in [5, 5.41) is 1.79. The maximum atomic E-state index is 12.3. The Balaban J connectivity index is 1.61. The molecule has 0 aliphatic carbocycles. The van der Waals surface area contributed by atoms with Gasteiger partial charge in [0.05, 0.1) is 0 Å². The zero-order valence-corrected chi connectivity index (χ0v) is 13.9. The summed E-state index contributed by atoms with van der Waals surface area (Å²) in [6.07, 6.45) is 1.92. The van der Waals surface area contributed by atoms with Crippen LogP contribution in [0.5, 0.6) is 0 Å². The Labute approximate surface area is 135 Å². The molecule has 22 heavy (non-hydrogen) atoms. The highest BCUT2D eigenvalue weighted by molar-refractivity contribution is 7.91. The molecule has 1 aromatic heterocycles. The van der Waals surface area contributed by atoms with Crippen LogP contribution < -0.4 is 4.72 Å². The molecule has 1 N–H and O–H groups in total. The van der Waals surface area contributed by atoms with Gasteiger partial charge in [-0.25, -0.2) is 13.1 Å². The number of thiophene rings is 1. The van der Waals surface area contributed by atoms with E-state index in [-0.39, 0.29) is 6.04 Å². The second-order valence-corrected chi connectivity index (χ2v) is 8.50. The zero-order chi connectivity index (χ0) is 15.4. The summed E-state index contributed by atoms with van der Waals surface area (Å²) in [5.74, 6) is 0. The Morgan fingerprint density at radius 3 is 2.73 bits per heavy atom. The van der Waals surface area contributed by atoms with Crippen LogP contribution in [0.2, 0.25) is 0 Å². The Hall–Kier alpha value is -1.21. The van der Waals surface area contributed by atoms with Crippen molar-refractivity contribution in [1.29, 1.82) is 0 Å². The summed E-state index contributed by atoms with van der Waals surface area (Å²) in [6.45, 7) is 2.66. The van der Waals surface area contributed by atoms with Crippen molar-refractivity contribution < 1.29 is 8.42 Å². The lowest BCUT2D eigenvalue weighted by atomic mass is 10.1. The number of nitrogens with zero attached hydrogens (tertiary/aromatic N) is 1.